The van der Waals surface area contributed by atoms with Gasteiger partial charge in [-0.3, -0.25) is 9.97 Å². The molecule has 2 heteroatoms. The van der Waals surface area contributed by atoms with Crippen LogP contribution >= 0.6 is 0 Å². The van der Waals surface area contributed by atoms with Crippen LogP contribution in [0.5, 0.6) is 0 Å². The third kappa shape index (κ3) is 3.93. The molecule has 0 saturated carbocycles. The Morgan fingerprint density at radius 1 is 0.455 bits per heavy atom. The third-order valence-electron chi connectivity index (χ3n) is 6.74. The standard InChI is InChI=1S/C31H26N2/c1(2-8-22-14-16-24-20-32-30-12-6-4-10-26(30)28(24)18-22)3-9-23-15-17-25-21-33-31-13-7-5-11-27(31)29(25)19-23/h4-7,10-21H,1-3,8-9H2. The van der Waals surface area contributed by atoms with Crippen LogP contribution in [0.4, 0.5) is 0 Å². The molecule has 0 bridgehead atoms. The van der Waals surface area contributed by atoms with Gasteiger partial charge in [-0.2, -0.15) is 0 Å². The normalized spacial score (nSPS) is 11.6. The van der Waals surface area contributed by atoms with Crippen LogP contribution in [-0.2, 0) is 12.8 Å². The summed E-state index contributed by atoms with van der Waals surface area (Å²) in [6.45, 7) is 0. The van der Waals surface area contributed by atoms with E-state index in [1.54, 1.807) is 0 Å². The van der Waals surface area contributed by atoms with Crippen molar-refractivity contribution < 1.29 is 0 Å². The second-order valence-corrected chi connectivity index (χ2v) is 8.95. The molecular formula is C31H26N2. The van der Waals surface area contributed by atoms with Crippen molar-refractivity contribution in [1.29, 1.82) is 0 Å². The molecule has 0 radical (unpaired) electrons. The number of hydrogen-bond acceptors (Lipinski definition) is 2. The SMILES string of the molecule is c1ccc2c(c1)ncc1ccc(CCCCCc3ccc4cnc5ccccc5c4c3)cc12. The summed E-state index contributed by atoms with van der Waals surface area (Å²) in [7, 11) is 0. The number of aryl methyl sites for hydroxylation is 2. The third-order valence-corrected chi connectivity index (χ3v) is 6.74. The molecule has 0 aliphatic rings. The van der Waals surface area contributed by atoms with E-state index in [4.69, 9.17) is 0 Å². The predicted octanol–water partition coefficient (Wildman–Crippen LogP) is 8.04. The monoisotopic (exact) mass is 426 g/mol. The van der Waals surface area contributed by atoms with Crippen molar-refractivity contribution in [3.05, 3.63) is 108 Å². The van der Waals surface area contributed by atoms with E-state index in [0.29, 0.717) is 0 Å². The Labute approximate surface area is 193 Å². The van der Waals surface area contributed by atoms with Gasteiger partial charge < -0.3 is 0 Å². The molecule has 33 heavy (non-hydrogen) atoms. The highest BCUT2D eigenvalue weighted by Gasteiger charge is 2.05. The first-order chi connectivity index (χ1) is 16.3. The zero-order valence-corrected chi connectivity index (χ0v) is 18.7. The number of benzene rings is 4. The van der Waals surface area contributed by atoms with Gasteiger partial charge in [-0.15, -0.1) is 0 Å². The number of para-hydroxylation sites is 2. The van der Waals surface area contributed by atoms with E-state index in [2.05, 4.69) is 94.9 Å². The van der Waals surface area contributed by atoms with Crippen LogP contribution in [0, 0.1) is 0 Å². The first-order valence-electron chi connectivity index (χ1n) is 11.9. The molecule has 0 aliphatic carbocycles. The van der Waals surface area contributed by atoms with E-state index in [0.717, 1.165) is 23.9 Å². The molecule has 6 aromatic rings. The molecule has 0 unspecified atom stereocenters. The van der Waals surface area contributed by atoms with Crippen molar-refractivity contribution in [2.24, 2.45) is 0 Å². The molecule has 0 spiro atoms. The van der Waals surface area contributed by atoms with E-state index >= 15 is 0 Å². The lowest BCUT2D eigenvalue weighted by atomic mass is 9.98. The summed E-state index contributed by atoms with van der Waals surface area (Å²) in [5.74, 6) is 0. The van der Waals surface area contributed by atoms with Crippen LogP contribution in [0.25, 0.3) is 43.4 Å². The van der Waals surface area contributed by atoms with Crippen molar-refractivity contribution in [2.75, 3.05) is 0 Å². The van der Waals surface area contributed by atoms with Crippen molar-refractivity contribution >= 4 is 43.4 Å². The van der Waals surface area contributed by atoms with Crippen LogP contribution < -0.4 is 0 Å². The average molecular weight is 427 g/mol. The Balaban J connectivity index is 1.12. The lowest BCUT2D eigenvalue weighted by molar-refractivity contribution is 0.679. The molecule has 0 atom stereocenters. The van der Waals surface area contributed by atoms with E-state index in [1.165, 1.54) is 62.7 Å². The molecule has 2 aromatic heterocycles. The number of fused-ring (bicyclic) bond motifs is 6. The van der Waals surface area contributed by atoms with E-state index in [1.807, 2.05) is 12.4 Å². The fraction of sp³-hybridized carbons (Fsp3) is 0.161. The second kappa shape index (κ2) is 8.63. The number of nitrogens with zero attached hydrogens (tertiary/aromatic N) is 2. The summed E-state index contributed by atoms with van der Waals surface area (Å²) in [4.78, 5) is 9.17. The molecule has 0 fully saturated rings. The average Bonchev–Trinajstić information content (AvgIpc) is 2.88. The fourth-order valence-corrected chi connectivity index (χ4v) is 4.95. The van der Waals surface area contributed by atoms with Gasteiger partial charge in [0, 0.05) is 33.9 Å². The van der Waals surface area contributed by atoms with E-state index < -0.39 is 0 Å². The summed E-state index contributed by atoms with van der Waals surface area (Å²) >= 11 is 0. The Kier molecular flexibility index (Phi) is 5.20. The van der Waals surface area contributed by atoms with Crippen molar-refractivity contribution in [1.82, 2.24) is 9.97 Å². The molecule has 2 heterocycles. The smallest absolute Gasteiger partial charge is 0.0708 e. The minimum Gasteiger partial charge on any atom is -0.256 e. The number of unbranched alkanes of at least 4 members (excludes halogenated alkanes) is 2. The lowest BCUT2D eigenvalue weighted by Gasteiger charge is -2.08. The highest BCUT2D eigenvalue weighted by molar-refractivity contribution is 6.06. The van der Waals surface area contributed by atoms with Crippen LogP contribution in [0.2, 0.25) is 0 Å². The van der Waals surface area contributed by atoms with Gasteiger partial charge in [-0.05, 0) is 59.7 Å². The van der Waals surface area contributed by atoms with Gasteiger partial charge in [0.2, 0.25) is 0 Å². The maximum Gasteiger partial charge on any atom is 0.0708 e. The first kappa shape index (κ1) is 19.9. The number of hydrogen-bond donors (Lipinski definition) is 0. The van der Waals surface area contributed by atoms with Gasteiger partial charge >= 0.3 is 0 Å². The van der Waals surface area contributed by atoms with E-state index in [-0.39, 0.29) is 0 Å². The molecule has 2 nitrogen and oxygen atoms in total. The van der Waals surface area contributed by atoms with Gasteiger partial charge in [-0.25, -0.2) is 0 Å². The maximum absolute atomic E-state index is 4.59. The highest BCUT2D eigenvalue weighted by atomic mass is 14.7. The van der Waals surface area contributed by atoms with Gasteiger partial charge in [0.05, 0.1) is 11.0 Å². The van der Waals surface area contributed by atoms with Crippen molar-refractivity contribution in [3.63, 3.8) is 0 Å². The molecule has 0 amide bonds. The second-order valence-electron chi connectivity index (χ2n) is 8.95. The summed E-state index contributed by atoms with van der Waals surface area (Å²) in [6, 6.07) is 30.5. The van der Waals surface area contributed by atoms with Crippen LogP contribution in [-0.4, -0.2) is 9.97 Å². The Morgan fingerprint density at radius 3 is 1.45 bits per heavy atom. The van der Waals surface area contributed by atoms with Gasteiger partial charge in [-0.1, -0.05) is 79.2 Å². The molecular weight excluding hydrogens is 400 g/mol. The van der Waals surface area contributed by atoms with Crippen LogP contribution in [0.1, 0.15) is 30.4 Å². The molecule has 0 aliphatic heterocycles. The summed E-state index contributed by atoms with van der Waals surface area (Å²) in [5, 5.41) is 7.56. The van der Waals surface area contributed by atoms with Crippen molar-refractivity contribution in [2.45, 2.75) is 32.1 Å². The first-order valence-corrected chi connectivity index (χ1v) is 11.9. The molecule has 0 N–H and O–H groups in total. The van der Waals surface area contributed by atoms with Gasteiger partial charge in [0.15, 0.2) is 0 Å². The largest absolute Gasteiger partial charge is 0.256 e. The Bertz CT molecular complexity index is 1480. The van der Waals surface area contributed by atoms with Crippen molar-refractivity contribution in [3.8, 4) is 0 Å². The molecule has 160 valence electrons. The number of rotatable bonds is 6. The quantitative estimate of drug-likeness (QED) is 0.199. The minimum atomic E-state index is 1.07. The summed E-state index contributed by atoms with van der Waals surface area (Å²) in [6.07, 6.45) is 9.91. The molecule has 4 aromatic carbocycles. The Hall–Kier alpha value is -3.78. The summed E-state index contributed by atoms with van der Waals surface area (Å²) < 4.78 is 0. The lowest BCUT2D eigenvalue weighted by Crippen LogP contribution is -1.91. The van der Waals surface area contributed by atoms with Crippen LogP contribution in [0.3, 0.4) is 0 Å². The maximum atomic E-state index is 4.59. The number of pyridine rings is 2. The molecule has 0 saturated heterocycles. The van der Waals surface area contributed by atoms with Crippen LogP contribution in [0.15, 0.2) is 97.3 Å². The molecule has 6 rings (SSSR count). The summed E-state index contributed by atoms with van der Waals surface area (Å²) in [5.41, 5.74) is 4.98. The minimum absolute atomic E-state index is 1.07. The van der Waals surface area contributed by atoms with E-state index in [9.17, 15) is 0 Å². The Morgan fingerprint density at radius 2 is 0.939 bits per heavy atom. The fourth-order valence-electron chi connectivity index (χ4n) is 4.95. The highest BCUT2D eigenvalue weighted by Crippen LogP contribution is 2.26. The predicted molar refractivity (Wildman–Crippen MR) is 140 cm³/mol. The zero-order chi connectivity index (χ0) is 22.0. The topological polar surface area (TPSA) is 25.8 Å². The van der Waals surface area contributed by atoms with Gasteiger partial charge in [0.1, 0.15) is 0 Å². The van der Waals surface area contributed by atoms with Gasteiger partial charge in [0.25, 0.3) is 0 Å². The zero-order valence-electron chi connectivity index (χ0n) is 18.7. The number of aromatic nitrogens is 2.